The molecule has 1 unspecified atom stereocenters. The number of carbonyl (C=O) groups excluding carboxylic acids is 2. The van der Waals surface area contributed by atoms with E-state index >= 15 is 0 Å². The van der Waals surface area contributed by atoms with Gasteiger partial charge in [0.05, 0.1) is 0 Å². The Balaban J connectivity index is 2.52. The predicted octanol–water partition coefficient (Wildman–Crippen LogP) is 2.40. The summed E-state index contributed by atoms with van der Waals surface area (Å²) in [5, 5.41) is 14.3. The summed E-state index contributed by atoms with van der Waals surface area (Å²) in [7, 11) is 0. The molecule has 0 spiro atoms. The van der Waals surface area contributed by atoms with Crippen LogP contribution in [0.25, 0.3) is 0 Å². The van der Waals surface area contributed by atoms with Crippen LogP contribution in [0.15, 0.2) is 18.2 Å². The number of aliphatic hydroxyl groups excluding tert-OH is 1. The van der Waals surface area contributed by atoms with Gasteiger partial charge < -0.3 is 15.7 Å². The molecule has 1 aromatic rings. The fraction of sp³-hybridized carbons (Fsp3) is 0.556. The average Bonchev–Trinajstić information content (AvgIpc) is 2.48. The van der Waals surface area contributed by atoms with Crippen LogP contribution in [0.1, 0.15) is 37.8 Å². The fourth-order valence-electron chi connectivity index (χ4n) is 2.48. The van der Waals surface area contributed by atoms with Gasteiger partial charge in [-0.15, -0.1) is 0 Å². The first-order chi connectivity index (χ1) is 10.8. The molecule has 0 saturated carbocycles. The normalized spacial score (nSPS) is 12.1. The minimum absolute atomic E-state index is 0.0854. The summed E-state index contributed by atoms with van der Waals surface area (Å²) in [6, 6.07) is 5.53. The highest BCUT2D eigenvalue weighted by Crippen LogP contribution is 2.15. The number of amides is 2. The molecule has 0 fully saturated rings. The van der Waals surface area contributed by atoms with Gasteiger partial charge in [-0.3, -0.25) is 9.59 Å². The highest BCUT2D eigenvalue weighted by molar-refractivity contribution is 6.39. The summed E-state index contributed by atoms with van der Waals surface area (Å²) in [5.74, 6) is -0.651. The number of aryl methyl sites for hydroxylation is 2. The van der Waals surface area contributed by atoms with Crippen LogP contribution in [-0.4, -0.2) is 30.1 Å². The van der Waals surface area contributed by atoms with E-state index in [1.165, 1.54) is 0 Å². The fourth-order valence-corrected chi connectivity index (χ4v) is 2.48. The number of nitrogens with one attached hydrogen (secondary N) is 2. The second-order valence-corrected chi connectivity index (χ2v) is 6.47. The Morgan fingerprint density at radius 3 is 2.39 bits per heavy atom. The zero-order chi connectivity index (χ0) is 17.4. The van der Waals surface area contributed by atoms with Crippen molar-refractivity contribution >= 4 is 17.5 Å². The molecule has 1 atom stereocenters. The van der Waals surface area contributed by atoms with Crippen molar-refractivity contribution in [1.82, 2.24) is 5.32 Å². The number of carbonyl (C=O) groups is 2. The van der Waals surface area contributed by atoms with Gasteiger partial charge in [0.15, 0.2) is 0 Å². The van der Waals surface area contributed by atoms with Gasteiger partial charge in [0.2, 0.25) is 0 Å². The van der Waals surface area contributed by atoms with Gasteiger partial charge >= 0.3 is 11.8 Å². The summed E-state index contributed by atoms with van der Waals surface area (Å²) < 4.78 is 0. The lowest BCUT2D eigenvalue weighted by molar-refractivity contribution is -0.136. The first-order valence-electron chi connectivity index (χ1n) is 8.10. The number of hydrogen-bond acceptors (Lipinski definition) is 3. The van der Waals surface area contributed by atoms with Gasteiger partial charge in [0.1, 0.15) is 0 Å². The molecule has 0 aliphatic heterocycles. The van der Waals surface area contributed by atoms with Crippen LogP contribution in [-0.2, 0) is 9.59 Å². The highest BCUT2D eigenvalue weighted by atomic mass is 16.3. The van der Waals surface area contributed by atoms with Gasteiger partial charge in [-0.25, -0.2) is 0 Å². The smallest absolute Gasteiger partial charge is 0.313 e. The Bertz CT molecular complexity index is 541. The molecular weight excluding hydrogens is 292 g/mol. The molecule has 128 valence electrons. The topological polar surface area (TPSA) is 78.4 Å². The van der Waals surface area contributed by atoms with E-state index in [0.717, 1.165) is 17.5 Å². The Labute approximate surface area is 138 Å². The van der Waals surface area contributed by atoms with Crippen LogP contribution < -0.4 is 10.6 Å². The SMILES string of the molecule is Cc1ccc(NC(=O)C(=O)NCC(CCO)CC(C)C)cc1C. The van der Waals surface area contributed by atoms with Crippen molar-refractivity contribution in [3.63, 3.8) is 0 Å². The summed E-state index contributed by atoms with van der Waals surface area (Å²) in [6.45, 7) is 8.62. The van der Waals surface area contributed by atoms with Gasteiger partial charge in [-0.2, -0.15) is 0 Å². The van der Waals surface area contributed by atoms with Crippen LogP contribution in [0.2, 0.25) is 0 Å². The summed E-state index contributed by atoms with van der Waals surface area (Å²) in [5.41, 5.74) is 2.80. The predicted molar refractivity (Wildman–Crippen MR) is 92.2 cm³/mol. The minimum Gasteiger partial charge on any atom is -0.396 e. The van der Waals surface area contributed by atoms with Gasteiger partial charge in [0.25, 0.3) is 0 Å². The number of rotatable bonds is 7. The zero-order valence-electron chi connectivity index (χ0n) is 14.5. The number of hydrogen-bond donors (Lipinski definition) is 3. The molecule has 5 heteroatoms. The molecule has 0 aromatic heterocycles. The molecule has 3 N–H and O–H groups in total. The van der Waals surface area contributed by atoms with E-state index in [1.54, 1.807) is 6.07 Å². The van der Waals surface area contributed by atoms with Crippen molar-refractivity contribution in [1.29, 1.82) is 0 Å². The summed E-state index contributed by atoms with van der Waals surface area (Å²) >= 11 is 0. The molecule has 1 rings (SSSR count). The van der Waals surface area contributed by atoms with Crippen molar-refractivity contribution in [2.24, 2.45) is 11.8 Å². The monoisotopic (exact) mass is 320 g/mol. The summed E-state index contributed by atoms with van der Waals surface area (Å²) in [6.07, 6.45) is 1.52. The van der Waals surface area contributed by atoms with Crippen LogP contribution in [0.5, 0.6) is 0 Å². The number of benzene rings is 1. The Hall–Kier alpha value is -1.88. The Morgan fingerprint density at radius 1 is 1.13 bits per heavy atom. The van der Waals surface area contributed by atoms with Crippen molar-refractivity contribution in [3.8, 4) is 0 Å². The van der Waals surface area contributed by atoms with Crippen LogP contribution in [0.3, 0.4) is 0 Å². The van der Waals surface area contributed by atoms with Crippen LogP contribution >= 0.6 is 0 Å². The molecule has 0 radical (unpaired) electrons. The second-order valence-electron chi connectivity index (χ2n) is 6.47. The molecular formula is C18H28N2O3. The average molecular weight is 320 g/mol. The lowest BCUT2D eigenvalue weighted by Crippen LogP contribution is -2.38. The third-order valence-corrected chi connectivity index (χ3v) is 3.86. The van der Waals surface area contributed by atoms with Crippen molar-refractivity contribution in [3.05, 3.63) is 29.3 Å². The minimum atomic E-state index is -0.666. The molecule has 5 nitrogen and oxygen atoms in total. The zero-order valence-corrected chi connectivity index (χ0v) is 14.5. The molecule has 1 aromatic carbocycles. The quantitative estimate of drug-likeness (QED) is 0.675. The molecule has 0 aliphatic rings. The standard InChI is InChI=1S/C18H28N2O3/c1-12(2)9-15(7-8-21)11-19-17(22)18(23)20-16-6-5-13(3)14(4)10-16/h5-6,10,12,15,21H,7-9,11H2,1-4H3,(H,19,22)(H,20,23). The molecule has 23 heavy (non-hydrogen) atoms. The maximum atomic E-state index is 11.9. The largest absolute Gasteiger partial charge is 0.396 e. The highest BCUT2D eigenvalue weighted by Gasteiger charge is 2.17. The Kier molecular flexibility index (Phi) is 7.75. The van der Waals surface area contributed by atoms with E-state index in [0.29, 0.717) is 24.6 Å². The maximum Gasteiger partial charge on any atom is 0.313 e. The van der Waals surface area contributed by atoms with E-state index in [2.05, 4.69) is 24.5 Å². The lowest BCUT2D eigenvalue weighted by atomic mass is 9.94. The maximum absolute atomic E-state index is 11.9. The van der Waals surface area contributed by atoms with Crippen molar-refractivity contribution in [2.45, 2.75) is 40.5 Å². The van der Waals surface area contributed by atoms with E-state index in [-0.39, 0.29) is 12.5 Å². The van der Waals surface area contributed by atoms with E-state index in [4.69, 9.17) is 5.11 Å². The van der Waals surface area contributed by atoms with Crippen LogP contribution in [0.4, 0.5) is 5.69 Å². The lowest BCUT2D eigenvalue weighted by Gasteiger charge is -2.18. The third-order valence-electron chi connectivity index (χ3n) is 3.86. The van der Waals surface area contributed by atoms with Gasteiger partial charge in [0, 0.05) is 18.8 Å². The molecule has 0 saturated heterocycles. The van der Waals surface area contributed by atoms with Gasteiger partial charge in [-0.1, -0.05) is 19.9 Å². The second kappa shape index (κ2) is 9.30. The number of anilines is 1. The van der Waals surface area contributed by atoms with Crippen LogP contribution in [0, 0.1) is 25.7 Å². The van der Waals surface area contributed by atoms with E-state index in [1.807, 2.05) is 26.0 Å². The molecule has 0 heterocycles. The van der Waals surface area contributed by atoms with E-state index in [9.17, 15) is 9.59 Å². The molecule has 0 aliphatic carbocycles. The Morgan fingerprint density at radius 2 is 1.83 bits per heavy atom. The third kappa shape index (κ3) is 6.82. The molecule has 2 amide bonds. The van der Waals surface area contributed by atoms with Gasteiger partial charge in [-0.05, 0) is 61.8 Å². The van der Waals surface area contributed by atoms with Crippen molar-refractivity contribution in [2.75, 3.05) is 18.5 Å². The first kappa shape index (κ1) is 19.2. The first-order valence-corrected chi connectivity index (χ1v) is 8.10. The summed E-state index contributed by atoms with van der Waals surface area (Å²) in [4.78, 5) is 23.8. The number of aliphatic hydroxyl groups is 1. The molecule has 0 bridgehead atoms. The van der Waals surface area contributed by atoms with Crippen molar-refractivity contribution < 1.29 is 14.7 Å². The van der Waals surface area contributed by atoms with E-state index < -0.39 is 11.8 Å².